The van der Waals surface area contributed by atoms with Gasteiger partial charge in [-0.2, -0.15) is 0 Å². The normalized spacial score (nSPS) is 22.7. The van der Waals surface area contributed by atoms with E-state index in [-0.39, 0.29) is 22.6 Å². The number of aromatic amines is 1. The topological polar surface area (TPSA) is 79.5 Å². The summed E-state index contributed by atoms with van der Waals surface area (Å²) in [5.74, 6) is -0.695. The van der Waals surface area contributed by atoms with Crippen molar-refractivity contribution in [3.63, 3.8) is 0 Å². The number of rotatable bonds is 3. The number of amides is 2. The van der Waals surface area contributed by atoms with Crippen molar-refractivity contribution in [1.82, 2.24) is 4.98 Å². The summed E-state index contributed by atoms with van der Waals surface area (Å²) in [6, 6.07) is 14.9. The number of imide groups is 1. The number of aromatic nitrogens is 1. The maximum atomic E-state index is 13.6. The van der Waals surface area contributed by atoms with Crippen molar-refractivity contribution in [3.8, 4) is 5.75 Å². The number of ether oxygens (including phenoxy) is 1. The van der Waals surface area contributed by atoms with Gasteiger partial charge in [0.25, 0.3) is 0 Å². The second-order valence-electron chi connectivity index (χ2n) is 7.32. The van der Waals surface area contributed by atoms with Gasteiger partial charge in [0.15, 0.2) is 0 Å². The Morgan fingerprint density at radius 3 is 2.43 bits per heavy atom. The lowest BCUT2D eigenvalue weighted by atomic mass is 9.83. The van der Waals surface area contributed by atoms with Crippen LogP contribution in [0.2, 0.25) is 0 Å². The molecule has 3 atom stereocenters. The number of hydrogen-bond acceptors (Lipinski definition) is 6. The van der Waals surface area contributed by atoms with Gasteiger partial charge in [-0.1, -0.05) is 53.4 Å². The van der Waals surface area contributed by atoms with Gasteiger partial charge in [-0.15, -0.1) is 0 Å². The molecule has 2 aliphatic rings. The maximum Gasteiger partial charge on any atom is 0.305 e. The highest BCUT2D eigenvalue weighted by Gasteiger charge is 2.56. The number of nitrogens with one attached hydrogen (secondary N) is 1. The highest BCUT2D eigenvalue weighted by molar-refractivity contribution is 8.00. The van der Waals surface area contributed by atoms with Crippen LogP contribution in [-0.4, -0.2) is 29.2 Å². The second kappa shape index (κ2) is 7.14. The largest absolute Gasteiger partial charge is 0.497 e. The van der Waals surface area contributed by atoms with Crippen LogP contribution in [-0.2, 0) is 9.59 Å². The van der Waals surface area contributed by atoms with Crippen LogP contribution in [0.15, 0.2) is 58.4 Å². The summed E-state index contributed by atoms with van der Waals surface area (Å²) in [5, 5.41) is 0.0989. The molecule has 1 fully saturated rings. The number of thiazole rings is 1. The first kappa shape index (κ1) is 19.1. The molecule has 0 bridgehead atoms. The van der Waals surface area contributed by atoms with Crippen molar-refractivity contribution in [2.45, 2.75) is 23.1 Å². The Balaban J connectivity index is 1.65. The summed E-state index contributed by atoms with van der Waals surface area (Å²) in [4.78, 5) is 43.9. The van der Waals surface area contributed by atoms with E-state index in [1.54, 1.807) is 13.2 Å². The average molecular weight is 439 g/mol. The first-order valence-electron chi connectivity index (χ1n) is 9.46. The number of anilines is 1. The van der Waals surface area contributed by atoms with Gasteiger partial charge in [-0.25, -0.2) is 4.90 Å². The molecule has 0 radical (unpaired) electrons. The molecule has 30 heavy (non-hydrogen) atoms. The van der Waals surface area contributed by atoms with Gasteiger partial charge in [0.1, 0.15) is 11.0 Å². The van der Waals surface area contributed by atoms with Crippen LogP contribution in [0, 0.1) is 12.8 Å². The standard InChI is InChI=1S/C22H18N2O4S2/c1-11-5-3-4-6-14(11)24-20(25)16-15(12-7-9-13(28-2)10-8-12)17-19(23-22(27)30-17)29-18(16)21(24)26/h3-10,15-16,18H,1-2H3,(H,23,27)/t15-,16-,18+/m1/s1. The number of H-pyrrole nitrogens is 1. The van der Waals surface area contributed by atoms with Crippen molar-refractivity contribution < 1.29 is 14.3 Å². The smallest absolute Gasteiger partial charge is 0.305 e. The Morgan fingerprint density at radius 2 is 1.73 bits per heavy atom. The van der Waals surface area contributed by atoms with Crippen molar-refractivity contribution in [2.75, 3.05) is 12.0 Å². The summed E-state index contributed by atoms with van der Waals surface area (Å²) in [6.45, 7) is 1.89. The molecule has 0 aliphatic carbocycles. The number of carbonyl (C=O) groups excluding carboxylic acids is 2. The molecule has 0 saturated carbocycles. The minimum Gasteiger partial charge on any atom is -0.497 e. The fourth-order valence-corrected chi connectivity index (χ4v) is 6.75. The van der Waals surface area contributed by atoms with Crippen LogP contribution in [0.4, 0.5) is 5.69 Å². The number of hydrogen-bond donors (Lipinski definition) is 1. The van der Waals surface area contributed by atoms with Crippen molar-refractivity contribution in [3.05, 3.63) is 74.2 Å². The Labute approximate surface area is 180 Å². The van der Waals surface area contributed by atoms with E-state index in [9.17, 15) is 14.4 Å². The van der Waals surface area contributed by atoms with E-state index >= 15 is 0 Å². The summed E-state index contributed by atoms with van der Waals surface area (Å²) in [5.41, 5.74) is 2.37. The number of methoxy groups -OCH3 is 1. The molecule has 5 rings (SSSR count). The molecule has 0 unspecified atom stereocenters. The zero-order valence-corrected chi connectivity index (χ0v) is 17.9. The lowest BCUT2D eigenvalue weighted by Crippen LogP contribution is -2.32. The highest BCUT2D eigenvalue weighted by Crippen LogP contribution is 2.53. The Kier molecular flexibility index (Phi) is 4.56. The zero-order chi connectivity index (χ0) is 21.0. The maximum absolute atomic E-state index is 13.6. The fourth-order valence-electron chi connectivity index (χ4n) is 4.24. The number of carbonyl (C=O) groups is 2. The van der Waals surface area contributed by atoms with E-state index in [0.717, 1.165) is 27.3 Å². The first-order valence-corrected chi connectivity index (χ1v) is 11.2. The zero-order valence-electron chi connectivity index (χ0n) is 16.2. The van der Waals surface area contributed by atoms with E-state index in [2.05, 4.69) is 4.98 Å². The number of fused-ring (bicyclic) bond motifs is 2. The fraction of sp³-hybridized carbons (Fsp3) is 0.227. The second-order valence-corrected chi connectivity index (χ2v) is 9.49. The van der Waals surface area contributed by atoms with Gasteiger partial charge in [0.2, 0.25) is 11.8 Å². The van der Waals surface area contributed by atoms with Crippen molar-refractivity contribution >= 4 is 40.6 Å². The minimum atomic E-state index is -0.582. The predicted octanol–water partition coefficient (Wildman–Crippen LogP) is 3.55. The van der Waals surface area contributed by atoms with Gasteiger partial charge in [-0.3, -0.25) is 14.4 Å². The molecular weight excluding hydrogens is 420 g/mol. The third kappa shape index (κ3) is 2.82. The van der Waals surface area contributed by atoms with E-state index in [0.29, 0.717) is 16.5 Å². The number of nitrogens with zero attached hydrogens (tertiary/aromatic N) is 1. The number of benzene rings is 2. The number of para-hydroxylation sites is 1. The van der Waals surface area contributed by atoms with Crippen LogP contribution in [0.5, 0.6) is 5.75 Å². The molecule has 1 aromatic heterocycles. The first-order chi connectivity index (χ1) is 14.5. The van der Waals surface area contributed by atoms with Crippen LogP contribution >= 0.6 is 23.1 Å². The highest BCUT2D eigenvalue weighted by atomic mass is 32.2. The summed E-state index contributed by atoms with van der Waals surface area (Å²) in [6.07, 6.45) is 0. The lowest BCUT2D eigenvalue weighted by molar-refractivity contribution is -0.122. The Hall–Kier alpha value is -2.84. The van der Waals surface area contributed by atoms with E-state index in [1.807, 2.05) is 49.4 Å². The summed E-state index contributed by atoms with van der Waals surface area (Å²) >= 11 is 2.40. The molecule has 2 aromatic carbocycles. The van der Waals surface area contributed by atoms with E-state index < -0.39 is 11.2 Å². The molecule has 2 aliphatic heterocycles. The average Bonchev–Trinajstić information content (AvgIpc) is 3.24. The van der Waals surface area contributed by atoms with Crippen LogP contribution in [0.1, 0.15) is 21.9 Å². The molecule has 3 heterocycles. The Morgan fingerprint density at radius 1 is 1.00 bits per heavy atom. The van der Waals surface area contributed by atoms with Gasteiger partial charge >= 0.3 is 4.87 Å². The van der Waals surface area contributed by atoms with Gasteiger partial charge < -0.3 is 9.72 Å². The molecule has 8 heteroatoms. The van der Waals surface area contributed by atoms with Crippen molar-refractivity contribution in [1.29, 1.82) is 0 Å². The molecule has 6 nitrogen and oxygen atoms in total. The van der Waals surface area contributed by atoms with Crippen LogP contribution in [0.3, 0.4) is 0 Å². The molecule has 3 aromatic rings. The lowest BCUT2D eigenvalue weighted by Gasteiger charge is -2.29. The quantitative estimate of drug-likeness (QED) is 0.633. The molecule has 152 valence electrons. The van der Waals surface area contributed by atoms with E-state index in [4.69, 9.17) is 4.74 Å². The number of thioether (sulfide) groups is 1. The van der Waals surface area contributed by atoms with Crippen molar-refractivity contribution in [2.24, 2.45) is 5.92 Å². The molecule has 2 amide bonds. The monoisotopic (exact) mass is 438 g/mol. The third-order valence-corrected chi connectivity index (χ3v) is 8.06. The SMILES string of the molecule is COc1ccc([C@H]2c3sc(=O)[nH]c3S[C@@H]3C(=O)N(c4ccccc4C)C(=O)[C@H]23)cc1. The van der Waals surface area contributed by atoms with Gasteiger partial charge in [0.05, 0.1) is 23.7 Å². The van der Waals surface area contributed by atoms with Gasteiger partial charge in [0, 0.05) is 10.8 Å². The Bertz CT molecular complexity index is 1210. The summed E-state index contributed by atoms with van der Waals surface area (Å²) < 4.78 is 5.26. The molecule has 1 N–H and O–H groups in total. The molecule has 0 spiro atoms. The van der Waals surface area contributed by atoms with Crippen LogP contribution in [0.25, 0.3) is 0 Å². The number of aryl methyl sites for hydroxylation is 1. The minimum absolute atomic E-state index is 0.179. The van der Waals surface area contributed by atoms with Gasteiger partial charge in [-0.05, 0) is 36.2 Å². The predicted molar refractivity (Wildman–Crippen MR) is 117 cm³/mol. The van der Waals surface area contributed by atoms with E-state index in [1.165, 1.54) is 16.7 Å². The molecule has 1 saturated heterocycles. The summed E-state index contributed by atoms with van der Waals surface area (Å²) in [7, 11) is 1.59. The van der Waals surface area contributed by atoms with Crippen LogP contribution < -0.4 is 14.5 Å². The molecular formula is C22H18N2O4S2. The third-order valence-electron chi connectivity index (χ3n) is 5.66.